The first kappa shape index (κ1) is 9.00. The van der Waals surface area contributed by atoms with Crippen molar-refractivity contribution in [1.29, 1.82) is 0 Å². The van der Waals surface area contributed by atoms with Crippen LogP contribution in [0, 0.1) is 5.92 Å². The maximum atomic E-state index is 4.23. The molecule has 2 rings (SSSR count). The van der Waals surface area contributed by atoms with Crippen LogP contribution >= 0.6 is 0 Å². The molecular weight excluding hydrogens is 172 g/mol. The molecule has 72 valence electrons. The Bertz CT molecular complexity index is 329. The van der Waals surface area contributed by atoms with Crippen molar-refractivity contribution in [2.45, 2.75) is 13.0 Å². The van der Waals surface area contributed by atoms with Crippen LogP contribution in [0.25, 0.3) is 0 Å². The molecule has 1 heterocycles. The number of rotatable bonds is 3. The maximum absolute atomic E-state index is 4.23. The minimum atomic E-state index is 0.389. The quantitative estimate of drug-likeness (QED) is 0.785. The molecule has 0 fully saturated rings. The number of hydrogen-bond donors (Lipinski definition) is 1. The van der Waals surface area contributed by atoms with E-state index in [9.17, 15) is 0 Å². The largest absolute Gasteiger partial charge is 0.367 e. The van der Waals surface area contributed by atoms with E-state index in [0.717, 1.165) is 5.82 Å². The zero-order valence-corrected chi connectivity index (χ0v) is 8.22. The molecule has 1 N–H and O–H groups in total. The maximum Gasteiger partial charge on any atom is 0.126 e. The predicted octanol–water partition coefficient (Wildman–Crippen LogP) is 2.62. The Morgan fingerprint density at radius 1 is 1.29 bits per heavy atom. The molecular formula is C12H14N2. The van der Waals surface area contributed by atoms with Crippen molar-refractivity contribution in [2.24, 2.45) is 5.92 Å². The van der Waals surface area contributed by atoms with E-state index in [-0.39, 0.29) is 0 Å². The van der Waals surface area contributed by atoms with E-state index in [1.807, 2.05) is 18.2 Å². The number of allylic oxidation sites excluding steroid dienone is 2. The summed E-state index contributed by atoms with van der Waals surface area (Å²) < 4.78 is 0. The minimum absolute atomic E-state index is 0.389. The molecule has 0 aromatic carbocycles. The minimum Gasteiger partial charge on any atom is -0.367 e. The fourth-order valence-corrected chi connectivity index (χ4v) is 1.56. The Labute approximate surface area is 84.4 Å². The summed E-state index contributed by atoms with van der Waals surface area (Å²) in [5.74, 6) is 1.42. The lowest BCUT2D eigenvalue weighted by molar-refractivity contribution is 0.680. The molecule has 1 aromatic rings. The van der Waals surface area contributed by atoms with Crippen molar-refractivity contribution in [3.63, 3.8) is 0 Å². The van der Waals surface area contributed by atoms with Gasteiger partial charge in [-0.3, -0.25) is 0 Å². The van der Waals surface area contributed by atoms with Gasteiger partial charge in [-0.25, -0.2) is 4.98 Å². The lowest BCUT2D eigenvalue weighted by atomic mass is 10.0. The van der Waals surface area contributed by atoms with Gasteiger partial charge >= 0.3 is 0 Å². The van der Waals surface area contributed by atoms with Crippen molar-refractivity contribution in [3.05, 3.63) is 48.7 Å². The molecule has 0 bridgehead atoms. The molecule has 0 amide bonds. The van der Waals surface area contributed by atoms with Gasteiger partial charge in [-0.05, 0) is 19.1 Å². The average Bonchev–Trinajstić information content (AvgIpc) is 2.72. The van der Waals surface area contributed by atoms with Crippen LogP contribution in [-0.2, 0) is 0 Å². The smallest absolute Gasteiger partial charge is 0.126 e. The molecule has 1 unspecified atom stereocenters. The monoisotopic (exact) mass is 186 g/mol. The first-order valence-electron chi connectivity index (χ1n) is 4.89. The molecule has 1 aromatic heterocycles. The zero-order valence-electron chi connectivity index (χ0n) is 8.22. The van der Waals surface area contributed by atoms with Crippen LogP contribution in [0.1, 0.15) is 6.92 Å². The Balaban J connectivity index is 1.98. The van der Waals surface area contributed by atoms with Gasteiger partial charge in [-0.2, -0.15) is 0 Å². The van der Waals surface area contributed by atoms with Crippen LogP contribution in [0.3, 0.4) is 0 Å². The Kier molecular flexibility index (Phi) is 2.63. The third-order valence-corrected chi connectivity index (χ3v) is 2.40. The predicted molar refractivity (Wildman–Crippen MR) is 59.1 cm³/mol. The van der Waals surface area contributed by atoms with Crippen molar-refractivity contribution in [3.8, 4) is 0 Å². The number of nitrogens with zero attached hydrogens (tertiary/aromatic N) is 1. The molecule has 1 atom stereocenters. The Morgan fingerprint density at radius 3 is 2.71 bits per heavy atom. The summed E-state index contributed by atoms with van der Waals surface area (Å²) in [5.41, 5.74) is 0. The van der Waals surface area contributed by atoms with E-state index in [1.165, 1.54) is 0 Å². The van der Waals surface area contributed by atoms with Gasteiger partial charge in [0.15, 0.2) is 0 Å². The van der Waals surface area contributed by atoms with E-state index in [0.29, 0.717) is 12.0 Å². The zero-order chi connectivity index (χ0) is 9.80. The molecule has 1 aliphatic carbocycles. The normalized spacial score (nSPS) is 17.2. The number of aromatic nitrogens is 1. The van der Waals surface area contributed by atoms with Gasteiger partial charge < -0.3 is 5.32 Å². The summed E-state index contributed by atoms with van der Waals surface area (Å²) in [6.45, 7) is 2.17. The number of hydrogen-bond acceptors (Lipinski definition) is 2. The molecule has 2 heteroatoms. The van der Waals surface area contributed by atoms with Crippen molar-refractivity contribution in [2.75, 3.05) is 5.32 Å². The van der Waals surface area contributed by atoms with E-state index in [4.69, 9.17) is 0 Å². The van der Waals surface area contributed by atoms with Gasteiger partial charge in [-0.15, -0.1) is 0 Å². The van der Waals surface area contributed by atoms with Crippen molar-refractivity contribution < 1.29 is 0 Å². The second-order valence-electron chi connectivity index (χ2n) is 3.50. The summed E-state index contributed by atoms with van der Waals surface area (Å²) >= 11 is 0. The Hall–Kier alpha value is -1.57. The highest BCUT2D eigenvalue weighted by molar-refractivity contribution is 5.36. The van der Waals surface area contributed by atoms with Gasteiger partial charge in [0.05, 0.1) is 0 Å². The van der Waals surface area contributed by atoms with Gasteiger partial charge in [0.2, 0.25) is 0 Å². The topological polar surface area (TPSA) is 24.9 Å². The molecule has 0 saturated carbocycles. The highest BCUT2D eigenvalue weighted by Gasteiger charge is 2.12. The average molecular weight is 186 g/mol. The molecule has 0 spiro atoms. The fraction of sp³-hybridized carbons (Fsp3) is 0.250. The Morgan fingerprint density at radius 2 is 2.07 bits per heavy atom. The molecule has 2 nitrogen and oxygen atoms in total. The van der Waals surface area contributed by atoms with Crippen LogP contribution in [0.4, 0.5) is 5.82 Å². The third kappa shape index (κ3) is 2.02. The van der Waals surface area contributed by atoms with Crippen molar-refractivity contribution in [1.82, 2.24) is 4.98 Å². The highest BCUT2D eigenvalue weighted by Crippen LogP contribution is 2.16. The second-order valence-corrected chi connectivity index (χ2v) is 3.50. The summed E-state index contributed by atoms with van der Waals surface area (Å²) in [4.78, 5) is 4.23. The summed E-state index contributed by atoms with van der Waals surface area (Å²) in [7, 11) is 0. The standard InChI is InChI=1S/C12H14N2/c1-10(11-6-2-3-7-11)14-12-8-4-5-9-13-12/h2-11H,1H3,(H,13,14). The first-order valence-corrected chi connectivity index (χ1v) is 4.89. The lowest BCUT2D eigenvalue weighted by Gasteiger charge is -2.18. The molecule has 0 radical (unpaired) electrons. The van der Waals surface area contributed by atoms with E-state index >= 15 is 0 Å². The number of nitrogens with one attached hydrogen (secondary N) is 1. The van der Waals surface area contributed by atoms with E-state index in [2.05, 4.69) is 41.5 Å². The van der Waals surface area contributed by atoms with Crippen LogP contribution in [0.15, 0.2) is 48.7 Å². The highest BCUT2D eigenvalue weighted by atomic mass is 15.0. The van der Waals surface area contributed by atoms with E-state index < -0.39 is 0 Å². The van der Waals surface area contributed by atoms with Gasteiger partial charge in [-0.1, -0.05) is 30.4 Å². The molecule has 0 aliphatic heterocycles. The molecule has 0 saturated heterocycles. The van der Waals surface area contributed by atoms with Crippen LogP contribution in [-0.4, -0.2) is 11.0 Å². The lowest BCUT2D eigenvalue weighted by Crippen LogP contribution is -2.22. The molecule has 1 aliphatic rings. The third-order valence-electron chi connectivity index (χ3n) is 2.40. The summed E-state index contributed by atoms with van der Waals surface area (Å²) in [5, 5.41) is 3.37. The van der Waals surface area contributed by atoms with Crippen LogP contribution < -0.4 is 5.32 Å². The number of pyridine rings is 1. The van der Waals surface area contributed by atoms with Crippen LogP contribution in [0.5, 0.6) is 0 Å². The van der Waals surface area contributed by atoms with Gasteiger partial charge in [0.25, 0.3) is 0 Å². The summed E-state index contributed by atoms with van der Waals surface area (Å²) in [6.07, 6.45) is 10.4. The van der Waals surface area contributed by atoms with Gasteiger partial charge in [0, 0.05) is 18.2 Å². The van der Waals surface area contributed by atoms with Crippen molar-refractivity contribution >= 4 is 5.82 Å². The van der Waals surface area contributed by atoms with Gasteiger partial charge in [0.1, 0.15) is 5.82 Å². The SMILES string of the molecule is CC(Nc1ccccn1)C1C=CC=C1. The fourth-order valence-electron chi connectivity index (χ4n) is 1.56. The first-order chi connectivity index (χ1) is 6.86. The van der Waals surface area contributed by atoms with E-state index in [1.54, 1.807) is 6.20 Å². The van der Waals surface area contributed by atoms with Crippen LogP contribution in [0.2, 0.25) is 0 Å². The second kappa shape index (κ2) is 4.09. The molecule has 14 heavy (non-hydrogen) atoms. The number of anilines is 1. The summed E-state index contributed by atoms with van der Waals surface area (Å²) in [6, 6.07) is 6.28.